The van der Waals surface area contributed by atoms with E-state index in [1.54, 1.807) is 5.01 Å². The molecule has 0 aromatic heterocycles. The molecule has 1 saturated carbocycles. The number of allylic oxidation sites excluding steroid dienone is 3. The highest BCUT2D eigenvalue weighted by molar-refractivity contribution is 6.23. The average molecular weight is 440 g/mol. The van der Waals surface area contributed by atoms with Crippen LogP contribution < -0.4 is 5.01 Å². The zero-order valence-electron chi connectivity index (χ0n) is 18.4. The van der Waals surface area contributed by atoms with E-state index in [2.05, 4.69) is 24.3 Å². The monoisotopic (exact) mass is 440 g/mol. The quantitative estimate of drug-likeness (QED) is 0.537. The molecule has 0 amide bonds. The Labute approximate surface area is 192 Å². The molecule has 4 aliphatic carbocycles. The number of nitrogens with zero attached hydrogens (tertiary/aromatic N) is 2. The summed E-state index contributed by atoms with van der Waals surface area (Å²) in [6, 6.07) is 19.1. The molecule has 1 heterocycles. The van der Waals surface area contributed by atoms with Crippen molar-refractivity contribution in [1.82, 2.24) is 0 Å². The number of carbonyl (C=O) groups is 2. The van der Waals surface area contributed by atoms with E-state index in [1.807, 2.05) is 60.7 Å². The first-order chi connectivity index (χ1) is 16.1. The summed E-state index contributed by atoms with van der Waals surface area (Å²) < 4.78 is 11.0. The van der Waals surface area contributed by atoms with E-state index in [1.165, 1.54) is 14.2 Å². The fraction of sp³-hybridized carbons (Fsp3) is 0.296. The summed E-state index contributed by atoms with van der Waals surface area (Å²) in [7, 11) is 2.76. The lowest BCUT2D eigenvalue weighted by molar-refractivity contribution is -0.177. The number of anilines is 1. The van der Waals surface area contributed by atoms with Gasteiger partial charge < -0.3 is 9.47 Å². The summed E-state index contributed by atoms with van der Waals surface area (Å²) in [6.45, 7) is 0. The van der Waals surface area contributed by atoms with Crippen molar-refractivity contribution < 1.29 is 19.1 Å². The minimum Gasteiger partial charge on any atom is -0.468 e. The van der Waals surface area contributed by atoms with Gasteiger partial charge in [-0.3, -0.25) is 4.79 Å². The third kappa shape index (κ3) is 2.16. The molecule has 0 saturated heterocycles. The lowest BCUT2D eigenvalue weighted by atomic mass is 9.39. The van der Waals surface area contributed by atoms with Gasteiger partial charge in [-0.15, -0.1) is 0 Å². The van der Waals surface area contributed by atoms with Crippen molar-refractivity contribution in [3.8, 4) is 0 Å². The van der Waals surface area contributed by atoms with Gasteiger partial charge in [0.1, 0.15) is 0 Å². The maximum atomic E-state index is 14.0. The van der Waals surface area contributed by atoms with Crippen LogP contribution in [0.2, 0.25) is 0 Å². The van der Waals surface area contributed by atoms with Gasteiger partial charge in [-0.2, -0.15) is 5.10 Å². The molecule has 166 valence electrons. The van der Waals surface area contributed by atoms with E-state index in [0.717, 1.165) is 11.3 Å². The van der Waals surface area contributed by atoms with Gasteiger partial charge in [0.25, 0.3) is 0 Å². The molecule has 0 radical (unpaired) electrons. The summed E-state index contributed by atoms with van der Waals surface area (Å²) in [5.41, 5.74) is -0.718. The van der Waals surface area contributed by atoms with Crippen molar-refractivity contribution in [1.29, 1.82) is 0 Å². The second kappa shape index (κ2) is 6.91. The van der Waals surface area contributed by atoms with Crippen molar-refractivity contribution in [2.24, 2.45) is 34.2 Å². The number of benzene rings is 2. The third-order valence-electron chi connectivity index (χ3n) is 7.90. The van der Waals surface area contributed by atoms with Crippen LogP contribution in [0.25, 0.3) is 0 Å². The van der Waals surface area contributed by atoms with Crippen LogP contribution in [-0.4, -0.2) is 37.4 Å². The molecule has 1 fully saturated rings. The fourth-order valence-corrected chi connectivity index (χ4v) is 6.65. The SMILES string of the molecule is COC(=O)C12C(c3ccccc3)=NN(c3ccccc3)C1(C(=O)OC)C1C=CC2C2C=CC21. The predicted molar refractivity (Wildman–Crippen MR) is 123 cm³/mol. The van der Waals surface area contributed by atoms with E-state index < -0.39 is 22.9 Å². The fourth-order valence-electron chi connectivity index (χ4n) is 6.65. The first-order valence-electron chi connectivity index (χ1n) is 11.2. The van der Waals surface area contributed by atoms with Crippen molar-refractivity contribution in [3.05, 3.63) is 90.5 Å². The molecule has 7 rings (SSSR count). The first-order valence-corrected chi connectivity index (χ1v) is 11.2. The Morgan fingerprint density at radius 1 is 0.788 bits per heavy atom. The van der Waals surface area contributed by atoms with Gasteiger partial charge in [-0.05, 0) is 29.5 Å². The second-order valence-corrected chi connectivity index (χ2v) is 9.00. The Morgan fingerprint density at radius 2 is 1.36 bits per heavy atom. The van der Waals surface area contributed by atoms with Crippen LogP contribution in [0.4, 0.5) is 5.69 Å². The number of para-hydroxylation sites is 1. The number of hydrogen-bond donors (Lipinski definition) is 0. The van der Waals surface area contributed by atoms with Crippen LogP contribution in [0.15, 0.2) is 90.1 Å². The normalized spacial score (nSPS) is 34.7. The number of methoxy groups -OCH3 is 2. The zero-order chi connectivity index (χ0) is 22.8. The number of ether oxygens (including phenoxy) is 2. The van der Waals surface area contributed by atoms with Gasteiger partial charge in [0.05, 0.1) is 25.6 Å². The summed E-state index contributed by atoms with van der Waals surface area (Å²) >= 11 is 0. The largest absolute Gasteiger partial charge is 0.468 e. The summed E-state index contributed by atoms with van der Waals surface area (Å²) in [5.74, 6) is -1.31. The number of carbonyl (C=O) groups excluding carboxylic acids is 2. The van der Waals surface area contributed by atoms with Gasteiger partial charge in [0, 0.05) is 11.8 Å². The van der Waals surface area contributed by atoms with Crippen molar-refractivity contribution in [3.63, 3.8) is 0 Å². The smallest absolute Gasteiger partial charge is 0.336 e. The predicted octanol–water partition coefficient (Wildman–Crippen LogP) is 3.60. The lowest BCUT2D eigenvalue weighted by Gasteiger charge is -2.63. The molecule has 1 aliphatic heterocycles. The van der Waals surface area contributed by atoms with E-state index >= 15 is 0 Å². The van der Waals surface area contributed by atoms with Crippen LogP contribution in [0, 0.1) is 29.1 Å². The van der Waals surface area contributed by atoms with E-state index in [9.17, 15) is 9.59 Å². The molecule has 2 bridgehead atoms. The number of esters is 2. The molecule has 33 heavy (non-hydrogen) atoms. The van der Waals surface area contributed by atoms with E-state index in [-0.39, 0.29) is 23.7 Å². The Morgan fingerprint density at radius 3 is 1.97 bits per heavy atom. The molecule has 0 spiro atoms. The van der Waals surface area contributed by atoms with Crippen molar-refractivity contribution in [2.45, 2.75) is 5.54 Å². The van der Waals surface area contributed by atoms with Gasteiger partial charge in [0.2, 0.25) is 0 Å². The molecule has 6 atom stereocenters. The molecular formula is C27H24N2O4. The minimum absolute atomic E-state index is 0.119. The maximum absolute atomic E-state index is 14.0. The van der Waals surface area contributed by atoms with Gasteiger partial charge in [-0.25, -0.2) is 9.80 Å². The van der Waals surface area contributed by atoms with Crippen molar-refractivity contribution >= 4 is 23.3 Å². The highest BCUT2D eigenvalue weighted by Crippen LogP contribution is 2.69. The molecule has 6 nitrogen and oxygen atoms in total. The Balaban J connectivity index is 1.74. The van der Waals surface area contributed by atoms with Gasteiger partial charge in [0.15, 0.2) is 11.0 Å². The topological polar surface area (TPSA) is 68.2 Å². The van der Waals surface area contributed by atoms with Crippen LogP contribution in [0.1, 0.15) is 5.56 Å². The molecule has 0 N–H and O–H groups in total. The third-order valence-corrected chi connectivity index (χ3v) is 7.90. The molecule has 6 heteroatoms. The van der Waals surface area contributed by atoms with E-state index in [4.69, 9.17) is 14.6 Å². The van der Waals surface area contributed by atoms with Crippen LogP contribution in [0.5, 0.6) is 0 Å². The minimum atomic E-state index is -1.41. The summed E-state index contributed by atoms with van der Waals surface area (Å²) in [5, 5.41) is 6.81. The second-order valence-electron chi connectivity index (χ2n) is 9.00. The number of rotatable bonds is 4. The molecule has 6 unspecified atom stereocenters. The number of hydrogen-bond acceptors (Lipinski definition) is 6. The number of hydrazone groups is 1. The Bertz CT molecular complexity index is 1220. The summed E-state index contributed by atoms with van der Waals surface area (Å²) in [4.78, 5) is 28.0. The molecular weight excluding hydrogens is 416 g/mol. The van der Waals surface area contributed by atoms with Crippen LogP contribution in [-0.2, 0) is 19.1 Å². The highest BCUT2D eigenvalue weighted by Gasteiger charge is 2.83. The standard InChI is InChI=1S/C27H24N2O4/c1-32-24(30)26-21-15-16-22(20-14-13-19(20)21)27(26,25(31)33-2)29(18-11-7-4-8-12-18)28-23(26)17-9-5-3-6-10-17/h3-16,19-22H,1-2H3. The molecule has 5 aliphatic rings. The molecule has 2 aromatic carbocycles. The average Bonchev–Trinajstić information content (AvgIpc) is 3.19. The van der Waals surface area contributed by atoms with Crippen LogP contribution in [0.3, 0.4) is 0 Å². The van der Waals surface area contributed by atoms with E-state index in [0.29, 0.717) is 5.71 Å². The first kappa shape index (κ1) is 20.0. The molecule has 2 aromatic rings. The Kier molecular flexibility index (Phi) is 4.18. The zero-order valence-corrected chi connectivity index (χ0v) is 18.4. The van der Waals surface area contributed by atoms with Crippen molar-refractivity contribution in [2.75, 3.05) is 19.2 Å². The summed E-state index contributed by atoms with van der Waals surface area (Å²) in [6.07, 6.45) is 8.44. The maximum Gasteiger partial charge on any atom is 0.336 e. The van der Waals surface area contributed by atoms with Gasteiger partial charge >= 0.3 is 11.9 Å². The van der Waals surface area contributed by atoms with Gasteiger partial charge in [-0.1, -0.05) is 72.8 Å². The Hall–Kier alpha value is -3.67. The van der Waals surface area contributed by atoms with Crippen LogP contribution >= 0.6 is 0 Å². The highest BCUT2D eigenvalue weighted by atomic mass is 16.5. The lowest BCUT2D eigenvalue weighted by Crippen LogP contribution is -2.78.